The third kappa shape index (κ3) is 3.49. The Morgan fingerprint density at radius 3 is 2.43 bits per heavy atom. The Morgan fingerprint density at radius 1 is 1.10 bits per heavy atom. The Hall–Kier alpha value is -2.14. The van der Waals surface area contributed by atoms with Crippen molar-refractivity contribution < 1.29 is 9.00 Å². The van der Waals surface area contributed by atoms with E-state index >= 15 is 0 Å². The highest BCUT2D eigenvalue weighted by molar-refractivity contribution is 7.84. The van der Waals surface area contributed by atoms with E-state index in [0.717, 1.165) is 21.6 Å². The van der Waals surface area contributed by atoms with Crippen molar-refractivity contribution in [3.05, 3.63) is 58.7 Å². The maximum Gasteiger partial charge on any atom is 0.248 e. The van der Waals surface area contributed by atoms with Gasteiger partial charge in [0.2, 0.25) is 5.91 Å². The highest BCUT2D eigenvalue weighted by Crippen LogP contribution is 2.21. The second-order valence-electron chi connectivity index (χ2n) is 5.02. The van der Waals surface area contributed by atoms with Crippen molar-refractivity contribution >= 4 is 22.4 Å². The molecule has 4 nitrogen and oxygen atoms in total. The first kappa shape index (κ1) is 15.3. The van der Waals surface area contributed by atoms with Gasteiger partial charge in [0.1, 0.15) is 0 Å². The van der Waals surface area contributed by atoms with E-state index in [9.17, 15) is 9.00 Å². The zero-order valence-corrected chi connectivity index (χ0v) is 12.9. The molecule has 0 saturated heterocycles. The molecule has 2 rings (SSSR count). The van der Waals surface area contributed by atoms with Gasteiger partial charge in [0.25, 0.3) is 0 Å². The van der Waals surface area contributed by atoms with Gasteiger partial charge in [-0.05, 0) is 54.8 Å². The average molecular weight is 302 g/mol. The number of benzene rings is 2. The molecule has 2 aromatic rings. The molecule has 0 saturated carbocycles. The van der Waals surface area contributed by atoms with Crippen LogP contribution >= 0.6 is 0 Å². The fourth-order valence-electron chi connectivity index (χ4n) is 2.09. The highest BCUT2D eigenvalue weighted by Gasteiger charge is 2.11. The first-order valence-electron chi connectivity index (χ1n) is 6.52. The second kappa shape index (κ2) is 6.10. The summed E-state index contributed by atoms with van der Waals surface area (Å²) >= 11 is 0. The van der Waals surface area contributed by atoms with E-state index in [1.165, 1.54) is 0 Å². The van der Waals surface area contributed by atoms with Crippen LogP contribution in [0.15, 0.2) is 41.3 Å². The van der Waals surface area contributed by atoms with Gasteiger partial charge in [-0.3, -0.25) is 9.00 Å². The Morgan fingerprint density at radius 2 is 1.81 bits per heavy atom. The zero-order chi connectivity index (χ0) is 15.6. The Kier molecular flexibility index (Phi) is 4.43. The Balaban J connectivity index is 2.27. The zero-order valence-electron chi connectivity index (χ0n) is 12.1. The number of anilines is 1. The van der Waals surface area contributed by atoms with Crippen LogP contribution in [0.3, 0.4) is 0 Å². The summed E-state index contributed by atoms with van der Waals surface area (Å²) in [5.74, 6) is -0.0766. The average Bonchev–Trinajstić information content (AvgIpc) is 2.43. The Bertz CT molecular complexity index is 726. The van der Waals surface area contributed by atoms with Crippen molar-refractivity contribution in [1.29, 1.82) is 0 Å². The second-order valence-corrected chi connectivity index (χ2v) is 6.44. The maximum atomic E-state index is 12.5. The lowest BCUT2D eigenvalue weighted by Crippen LogP contribution is -2.11. The smallest absolute Gasteiger partial charge is 0.248 e. The molecule has 2 aromatic carbocycles. The summed E-state index contributed by atoms with van der Waals surface area (Å²) < 4.78 is 12.5. The largest absolute Gasteiger partial charge is 0.399 e. The predicted molar refractivity (Wildman–Crippen MR) is 85.4 cm³/mol. The molecular formula is C16H18N2O2S. The molecule has 0 aliphatic carbocycles. The molecule has 0 bridgehead atoms. The van der Waals surface area contributed by atoms with Crippen molar-refractivity contribution in [3.8, 4) is 0 Å². The molecule has 1 atom stereocenters. The molecule has 1 amide bonds. The summed E-state index contributed by atoms with van der Waals surface area (Å²) in [7, 11) is -1.18. The van der Waals surface area contributed by atoms with Gasteiger partial charge in [0.05, 0.1) is 16.6 Å². The van der Waals surface area contributed by atoms with Gasteiger partial charge in [-0.25, -0.2) is 0 Å². The first-order chi connectivity index (χ1) is 9.88. The van der Waals surface area contributed by atoms with E-state index in [1.54, 1.807) is 30.3 Å². The predicted octanol–water partition coefficient (Wildman–Crippen LogP) is 2.29. The standard InChI is InChI=1S/C16H18N2O2S/c1-10-3-6-14(17)8-15(10)21(20)9-13-5-4-12(16(18)19)7-11(13)2/h3-8H,9,17H2,1-2H3,(H2,18,19). The molecule has 0 spiro atoms. The van der Waals surface area contributed by atoms with Crippen LogP contribution in [-0.2, 0) is 16.6 Å². The number of aryl methyl sites for hydroxylation is 2. The first-order valence-corrected chi connectivity index (χ1v) is 7.84. The maximum absolute atomic E-state index is 12.5. The van der Waals surface area contributed by atoms with Gasteiger partial charge in [-0.1, -0.05) is 12.1 Å². The van der Waals surface area contributed by atoms with Crippen molar-refractivity contribution in [2.45, 2.75) is 24.5 Å². The van der Waals surface area contributed by atoms with Crippen LogP contribution < -0.4 is 11.5 Å². The molecule has 0 aliphatic rings. The molecule has 4 N–H and O–H groups in total. The molecule has 0 aliphatic heterocycles. The van der Waals surface area contributed by atoms with Gasteiger partial charge in [0, 0.05) is 16.1 Å². The van der Waals surface area contributed by atoms with Crippen LogP contribution in [0.5, 0.6) is 0 Å². The van der Waals surface area contributed by atoms with E-state index in [4.69, 9.17) is 11.5 Å². The van der Waals surface area contributed by atoms with E-state index in [0.29, 0.717) is 17.0 Å². The number of nitrogens with two attached hydrogens (primary N) is 2. The van der Waals surface area contributed by atoms with Crippen LogP contribution in [0.2, 0.25) is 0 Å². The number of carbonyl (C=O) groups is 1. The monoisotopic (exact) mass is 302 g/mol. The number of amides is 1. The summed E-state index contributed by atoms with van der Waals surface area (Å²) in [5.41, 5.74) is 14.9. The number of carbonyl (C=O) groups excluding carboxylic acids is 1. The van der Waals surface area contributed by atoms with Crippen LogP contribution in [-0.4, -0.2) is 10.1 Å². The normalized spacial score (nSPS) is 12.1. The lowest BCUT2D eigenvalue weighted by molar-refractivity contribution is 0.1000. The molecule has 0 heterocycles. The van der Waals surface area contributed by atoms with Gasteiger partial charge >= 0.3 is 0 Å². The van der Waals surface area contributed by atoms with Gasteiger partial charge in [-0.2, -0.15) is 0 Å². The van der Waals surface area contributed by atoms with Crippen molar-refractivity contribution in [2.75, 3.05) is 5.73 Å². The molecule has 0 fully saturated rings. The summed E-state index contributed by atoms with van der Waals surface area (Å²) in [6.45, 7) is 3.79. The fraction of sp³-hybridized carbons (Fsp3) is 0.188. The van der Waals surface area contributed by atoms with E-state index < -0.39 is 16.7 Å². The molecule has 1 unspecified atom stereocenters. The van der Waals surface area contributed by atoms with Crippen LogP contribution in [0.4, 0.5) is 5.69 Å². The number of nitrogen functional groups attached to an aromatic ring is 1. The van der Waals surface area contributed by atoms with E-state index in [-0.39, 0.29) is 0 Å². The van der Waals surface area contributed by atoms with Crippen LogP contribution in [0.1, 0.15) is 27.0 Å². The number of hydrogen-bond acceptors (Lipinski definition) is 3. The minimum absolute atomic E-state index is 0.384. The van der Waals surface area contributed by atoms with E-state index in [1.807, 2.05) is 19.9 Å². The molecular weight excluding hydrogens is 284 g/mol. The summed E-state index contributed by atoms with van der Waals surface area (Å²) in [6, 6.07) is 10.6. The number of hydrogen-bond donors (Lipinski definition) is 2. The lowest BCUT2D eigenvalue weighted by Gasteiger charge is -2.10. The summed E-state index contributed by atoms with van der Waals surface area (Å²) in [6.07, 6.45) is 0. The molecule has 0 aromatic heterocycles. The highest BCUT2D eigenvalue weighted by atomic mass is 32.2. The van der Waals surface area contributed by atoms with Gasteiger partial charge in [-0.15, -0.1) is 0 Å². The third-order valence-electron chi connectivity index (χ3n) is 3.37. The fourth-order valence-corrected chi connectivity index (χ4v) is 3.55. The molecule has 0 radical (unpaired) electrons. The summed E-state index contributed by atoms with van der Waals surface area (Å²) in [5, 5.41) is 0. The number of rotatable bonds is 4. The minimum atomic E-state index is -1.18. The minimum Gasteiger partial charge on any atom is -0.399 e. The Labute approximate surface area is 126 Å². The van der Waals surface area contributed by atoms with Gasteiger partial charge in [0.15, 0.2) is 0 Å². The summed E-state index contributed by atoms with van der Waals surface area (Å²) in [4.78, 5) is 11.9. The van der Waals surface area contributed by atoms with Crippen LogP contribution in [0, 0.1) is 13.8 Å². The lowest BCUT2D eigenvalue weighted by atomic mass is 10.1. The SMILES string of the molecule is Cc1cc(C(N)=O)ccc1CS(=O)c1cc(N)ccc1C. The quantitative estimate of drug-likeness (QED) is 0.850. The topological polar surface area (TPSA) is 86.2 Å². The van der Waals surface area contributed by atoms with Crippen molar-refractivity contribution in [1.82, 2.24) is 0 Å². The van der Waals surface area contributed by atoms with Crippen molar-refractivity contribution in [3.63, 3.8) is 0 Å². The molecule has 5 heteroatoms. The van der Waals surface area contributed by atoms with Crippen molar-refractivity contribution in [2.24, 2.45) is 5.73 Å². The van der Waals surface area contributed by atoms with Crippen LogP contribution in [0.25, 0.3) is 0 Å². The number of primary amides is 1. The third-order valence-corrected chi connectivity index (χ3v) is 4.87. The van der Waals surface area contributed by atoms with E-state index in [2.05, 4.69) is 0 Å². The molecule has 110 valence electrons. The van der Waals surface area contributed by atoms with Gasteiger partial charge < -0.3 is 11.5 Å². The molecule has 21 heavy (non-hydrogen) atoms.